The van der Waals surface area contributed by atoms with Gasteiger partial charge in [0.2, 0.25) is 0 Å². The zero-order chi connectivity index (χ0) is 15.2. The first-order valence-corrected chi connectivity index (χ1v) is 8.19. The van der Waals surface area contributed by atoms with E-state index in [2.05, 4.69) is 18.0 Å². The predicted octanol–water partition coefficient (Wildman–Crippen LogP) is 5.35. The third-order valence-corrected chi connectivity index (χ3v) is 4.51. The molecule has 0 saturated carbocycles. The molecule has 0 aliphatic heterocycles. The molecule has 0 spiro atoms. The maximum Gasteiger partial charge on any atom is 0.164 e. The molecule has 0 bridgehead atoms. The van der Waals surface area contributed by atoms with Crippen molar-refractivity contribution in [2.75, 3.05) is 0 Å². The number of benzene rings is 1. The second kappa shape index (κ2) is 7.51. The molecule has 0 unspecified atom stereocenters. The van der Waals surface area contributed by atoms with Gasteiger partial charge in [0.25, 0.3) is 0 Å². The van der Waals surface area contributed by atoms with Gasteiger partial charge in [0.1, 0.15) is 6.07 Å². The molecule has 0 aliphatic rings. The molecule has 2 aromatic rings. The summed E-state index contributed by atoms with van der Waals surface area (Å²) in [6.45, 7) is 2.92. The number of rotatable bonds is 5. The zero-order valence-electron chi connectivity index (χ0n) is 11.5. The minimum Gasteiger partial charge on any atom is -0.307 e. The van der Waals surface area contributed by atoms with Crippen molar-refractivity contribution in [3.63, 3.8) is 0 Å². The van der Waals surface area contributed by atoms with Crippen molar-refractivity contribution in [3.05, 3.63) is 43.7 Å². The van der Waals surface area contributed by atoms with E-state index < -0.39 is 0 Å². The van der Waals surface area contributed by atoms with Gasteiger partial charge >= 0.3 is 0 Å². The summed E-state index contributed by atoms with van der Waals surface area (Å²) < 4.78 is 2.64. The lowest BCUT2D eigenvalue weighted by Crippen LogP contribution is -1.97. The van der Waals surface area contributed by atoms with E-state index in [-0.39, 0.29) is 0 Å². The lowest BCUT2D eigenvalue weighted by Gasteiger charge is -2.04. The number of nitrogens with zero attached hydrogens (tertiary/aromatic N) is 3. The predicted molar refractivity (Wildman–Crippen MR) is 91.5 cm³/mol. The van der Waals surface area contributed by atoms with Crippen LogP contribution in [0.2, 0.25) is 5.02 Å². The Morgan fingerprint density at radius 1 is 1.43 bits per heavy atom. The molecule has 3 nitrogen and oxygen atoms in total. The topological polar surface area (TPSA) is 41.1 Å². The Morgan fingerprint density at radius 2 is 2.14 bits per heavy atom. The SMILES string of the molecule is CCCCn1c(/N=C/c2ccc(Cl)cc2)c(C#N)sc1=S. The lowest BCUT2D eigenvalue weighted by atomic mass is 10.2. The van der Waals surface area contributed by atoms with Crippen LogP contribution in [-0.2, 0) is 6.54 Å². The third kappa shape index (κ3) is 4.01. The summed E-state index contributed by atoms with van der Waals surface area (Å²) in [7, 11) is 0. The van der Waals surface area contributed by atoms with Gasteiger partial charge in [-0.2, -0.15) is 5.26 Å². The maximum atomic E-state index is 9.22. The number of aliphatic imine (C=N–C) groups is 1. The van der Waals surface area contributed by atoms with Crippen molar-refractivity contribution >= 4 is 47.2 Å². The Hall–Kier alpha value is -1.48. The minimum atomic E-state index is 0.557. The van der Waals surface area contributed by atoms with Gasteiger partial charge in [0, 0.05) is 17.8 Å². The van der Waals surface area contributed by atoms with Crippen LogP contribution in [0, 0.1) is 15.3 Å². The Bertz CT molecular complexity index is 736. The molecule has 0 fully saturated rings. The van der Waals surface area contributed by atoms with Gasteiger partial charge in [-0.05, 0) is 36.3 Å². The Balaban J connectivity index is 2.35. The first kappa shape index (κ1) is 15.9. The van der Waals surface area contributed by atoms with Crippen LogP contribution in [0.1, 0.15) is 30.2 Å². The fraction of sp³-hybridized carbons (Fsp3) is 0.267. The molecule has 0 radical (unpaired) electrons. The van der Waals surface area contributed by atoms with Crippen LogP contribution in [-0.4, -0.2) is 10.8 Å². The number of unbranched alkanes of at least 4 members (excludes halogenated alkanes) is 1. The Labute approximate surface area is 138 Å². The van der Waals surface area contributed by atoms with Crippen molar-refractivity contribution in [2.24, 2.45) is 4.99 Å². The summed E-state index contributed by atoms with van der Waals surface area (Å²) in [6.07, 6.45) is 3.82. The van der Waals surface area contributed by atoms with Gasteiger partial charge in [-0.15, -0.1) is 0 Å². The van der Waals surface area contributed by atoms with E-state index in [4.69, 9.17) is 23.8 Å². The van der Waals surface area contributed by atoms with E-state index in [1.165, 1.54) is 11.3 Å². The van der Waals surface area contributed by atoms with Crippen LogP contribution in [0.5, 0.6) is 0 Å². The third-order valence-electron chi connectivity index (χ3n) is 2.91. The van der Waals surface area contributed by atoms with E-state index in [9.17, 15) is 5.26 Å². The van der Waals surface area contributed by atoms with Crippen molar-refractivity contribution in [3.8, 4) is 6.07 Å². The first-order chi connectivity index (χ1) is 10.2. The molecule has 0 amide bonds. The molecular formula is C15H14ClN3S2. The van der Waals surface area contributed by atoms with E-state index in [0.717, 1.165) is 24.9 Å². The van der Waals surface area contributed by atoms with Crippen LogP contribution in [0.25, 0.3) is 0 Å². The highest BCUT2D eigenvalue weighted by molar-refractivity contribution is 7.73. The molecule has 1 aromatic carbocycles. The number of halogens is 1. The summed E-state index contributed by atoms with van der Waals surface area (Å²) in [5.74, 6) is 0.649. The van der Waals surface area contributed by atoms with Crippen molar-refractivity contribution in [2.45, 2.75) is 26.3 Å². The molecule has 1 aromatic heterocycles. The number of aromatic nitrogens is 1. The number of hydrogen-bond acceptors (Lipinski definition) is 4. The van der Waals surface area contributed by atoms with Gasteiger partial charge in [-0.25, -0.2) is 4.99 Å². The summed E-state index contributed by atoms with van der Waals surface area (Å²) in [5, 5.41) is 9.91. The molecule has 6 heteroatoms. The summed E-state index contributed by atoms with van der Waals surface area (Å²) >= 11 is 12.5. The quantitative estimate of drug-likeness (QED) is 0.545. The molecule has 2 rings (SSSR count). The van der Waals surface area contributed by atoms with Crippen LogP contribution in [0.3, 0.4) is 0 Å². The normalized spacial score (nSPS) is 10.9. The Morgan fingerprint density at radius 3 is 2.76 bits per heavy atom. The smallest absolute Gasteiger partial charge is 0.164 e. The van der Waals surface area contributed by atoms with Crippen LogP contribution in [0.15, 0.2) is 29.3 Å². The molecule has 1 heterocycles. The van der Waals surface area contributed by atoms with Gasteiger partial charge in [-0.1, -0.05) is 48.4 Å². The summed E-state index contributed by atoms with van der Waals surface area (Å²) in [4.78, 5) is 5.02. The highest BCUT2D eigenvalue weighted by Crippen LogP contribution is 2.27. The van der Waals surface area contributed by atoms with Gasteiger partial charge in [0.15, 0.2) is 14.6 Å². The molecular weight excluding hydrogens is 322 g/mol. The molecule has 0 N–H and O–H groups in total. The second-order valence-corrected chi connectivity index (χ2v) is 6.53. The lowest BCUT2D eigenvalue weighted by molar-refractivity contribution is 0.635. The van der Waals surface area contributed by atoms with Crippen molar-refractivity contribution in [1.29, 1.82) is 5.26 Å². The number of hydrogen-bond donors (Lipinski definition) is 0. The standard InChI is InChI=1S/C15H14ClN3S2/c1-2-3-8-19-14(13(9-17)21-15(19)20)18-10-11-4-6-12(16)7-5-11/h4-7,10H,2-3,8H2,1H3/b18-10+. The highest BCUT2D eigenvalue weighted by atomic mass is 35.5. The summed E-state index contributed by atoms with van der Waals surface area (Å²) in [6, 6.07) is 9.56. The zero-order valence-corrected chi connectivity index (χ0v) is 13.9. The second-order valence-electron chi connectivity index (χ2n) is 4.45. The molecule has 0 aliphatic carbocycles. The van der Waals surface area contributed by atoms with E-state index in [0.29, 0.717) is 19.7 Å². The average Bonchev–Trinajstić information content (AvgIpc) is 2.80. The molecule has 0 saturated heterocycles. The minimum absolute atomic E-state index is 0.557. The molecule has 0 atom stereocenters. The fourth-order valence-corrected chi connectivity index (χ4v) is 3.11. The average molecular weight is 336 g/mol. The van der Waals surface area contributed by atoms with Crippen LogP contribution in [0.4, 0.5) is 5.82 Å². The van der Waals surface area contributed by atoms with Crippen LogP contribution >= 0.6 is 35.2 Å². The van der Waals surface area contributed by atoms with Crippen molar-refractivity contribution in [1.82, 2.24) is 4.57 Å². The van der Waals surface area contributed by atoms with Gasteiger partial charge in [-0.3, -0.25) is 0 Å². The molecule has 21 heavy (non-hydrogen) atoms. The number of nitriles is 1. The first-order valence-electron chi connectivity index (χ1n) is 6.59. The maximum absolute atomic E-state index is 9.22. The number of thiazole rings is 1. The van der Waals surface area contributed by atoms with Gasteiger partial charge < -0.3 is 4.57 Å². The van der Waals surface area contributed by atoms with Gasteiger partial charge in [0.05, 0.1) is 0 Å². The molecule has 108 valence electrons. The van der Waals surface area contributed by atoms with Crippen molar-refractivity contribution < 1.29 is 0 Å². The summed E-state index contributed by atoms with van der Waals surface area (Å²) in [5.41, 5.74) is 0.933. The van der Waals surface area contributed by atoms with E-state index in [1.807, 2.05) is 28.8 Å². The van der Waals surface area contributed by atoms with Crippen LogP contribution < -0.4 is 0 Å². The monoisotopic (exact) mass is 335 g/mol. The highest BCUT2D eigenvalue weighted by Gasteiger charge is 2.11. The Kier molecular flexibility index (Phi) is 5.68. The largest absolute Gasteiger partial charge is 0.307 e. The van der Waals surface area contributed by atoms with E-state index >= 15 is 0 Å². The fourth-order valence-electron chi connectivity index (χ4n) is 1.80. The van der Waals surface area contributed by atoms with E-state index in [1.54, 1.807) is 6.21 Å².